The highest BCUT2D eigenvalue weighted by Crippen LogP contribution is 2.08. The van der Waals surface area contributed by atoms with Crippen molar-refractivity contribution in [2.24, 2.45) is 0 Å². The largest absolute Gasteiger partial charge is 0.356 e. The number of carbonyl (C=O) groups is 1. The second-order valence-electron chi connectivity index (χ2n) is 6.10. The molecular weight excluding hydrogens is 302 g/mol. The topological polar surface area (TPSA) is 62.2 Å². The molecule has 2 heterocycles. The van der Waals surface area contributed by atoms with Gasteiger partial charge in [-0.25, -0.2) is 4.68 Å². The zero-order chi connectivity index (χ0) is 16.6. The van der Waals surface area contributed by atoms with Crippen LogP contribution in [0.1, 0.15) is 12.0 Å². The molecule has 3 rings (SSSR count). The lowest BCUT2D eigenvalue weighted by atomic mass is 10.2. The van der Waals surface area contributed by atoms with E-state index in [1.54, 1.807) is 10.9 Å². The van der Waals surface area contributed by atoms with Crippen molar-refractivity contribution in [1.29, 1.82) is 0 Å². The van der Waals surface area contributed by atoms with Crippen LogP contribution >= 0.6 is 0 Å². The summed E-state index contributed by atoms with van der Waals surface area (Å²) in [7, 11) is 0. The van der Waals surface area contributed by atoms with Crippen molar-refractivity contribution in [2.75, 3.05) is 39.3 Å². The summed E-state index contributed by atoms with van der Waals surface area (Å²) in [5.41, 5.74) is 1.93. The summed E-state index contributed by atoms with van der Waals surface area (Å²) >= 11 is 0. The number of hydrogen-bond donors (Lipinski definition) is 2. The molecule has 2 N–H and O–H groups in total. The van der Waals surface area contributed by atoms with Crippen molar-refractivity contribution in [3.05, 3.63) is 48.3 Å². The van der Waals surface area contributed by atoms with Gasteiger partial charge in [0.05, 0.1) is 18.3 Å². The van der Waals surface area contributed by atoms with Crippen molar-refractivity contribution in [2.45, 2.75) is 12.8 Å². The first-order valence-electron chi connectivity index (χ1n) is 8.60. The summed E-state index contributed by atoms with van der Waals surface area (Å²) < 4.78 is 1.80. The van der Waals surface area contributed by atoms with Crippen LogP contribution in [0.15, 0.2) is 42.7 Å². The number of piperazine rings is 1. The van der Waals surface area contributed by atoms with Crippen LogP contribution < -0.4 is 10.6 Å². The normalized spacial score (nSPS) is 15.3. The fourth-order valence-electron chi connectivity index (χ4n) is 2.89. The van der Waals surface area contributed by atoms with Gasteiger partial charge in [-0.3, -0.25) is 4.79 Å². The van der Waals surface area contributed by atoms with Gasteiger partial charge in [0.2, 0.25) is 5.91 Å². The fraction of sp³-hybridized carbons (Fsp3) is 0.444. The molecular formula is C18H25N5O. The highest BCUT2D eigenvalue weighted by atomic mass is 16.1. The van der Waals surface area contributed by atoms with Crippen molar-refractivity contribution >= 4 is 5.91 Å². The lowest BCUT2D eigenvalue weighted by molar-refractivity contribution is -0.120. The van der Waals surface area contributed by atoms with Crippen LogP contribution in [0.4, 0.5) is 0 Å². The quantitative estimate of drug-likeness (QED) is 0.740. The molecule has 0 spiro atoms. The molecule has 1 aromatic carbocycles. The Morgan fingerprint density at radius 3 is 2.79 bits per heavy atom. The molecule has 0 atom stereocenters. The third-order valence-corrected chi connectivity index (χ3v) is 4.20. The lowest BCUT2D eigenvalue weighted by Crippen LogP contribution is -2.44. The molecule has 2 aromatic rings. The Bertz CT molecular complexity index is 634. The number of para-hydroxylation sites is 1. The van der Waals surface area contributed by atoms with E-state index in [9.17, 15) is 4.79 Å². The maximum absolute atomic E-state index is 12.0. The van der Waals surface area contributed by atoms with E-state index in [4.69, 9.17) is 0 Å². The van der Waals surface area contributed by atoms with Crippen LogP contribution in [0, 0.1) is 0 Å². The number of hydrogen-bond acceptors (Lipinski definition) is 4. The molecule has 0 radical (unpaired) electrons. The van der Waals surface area contributed by atoms with Gasteiger partial charge in [-0.05, 0) is 30.7 Å². The number of rotatable bonds is 7. The Labute approximate surface area is 142 Å². The lowest BCUT2D eigenvalue weighted by Gasteiger charge is -2.27. The number of nitrogens with one attached hydrogen (secondary N) is 2. The second-order valence-corrected chi connectivity index (χ2v) is 6.10. The third-order valence-electron chi connectivity index (χ3n) is 4.20. The molecule has 24 heavy (non-hydrogen) atoms. The summed E-state index contributed by atoms with van der Waals surface area (Å²) in [6.45, 7) is 6.12. The summed E-state index contributed by atoms with van der Waals surface area (Å²) in [5.74, 6) is 0.0583. The predicted octanol–water partition coefficient (Wildman–Crippen LogP) is 0.826. The van der Waals surface area contributed by atoms with Crippen molar-refractivity contribution in [3.63, 3.8) is 0 Å². The van der Waals surface area contributed by atoms with E-state index >= 15 is 0 Å². The predicted molar refractivity (Wildman–Crippen MR) is 94.2 cm³/mol. The maximum atomic E-state index is 12.0. The first-order chi connectivity index (χ1) is 11.8. The molecule has 1 fully saturated rings. The van der Waals surface area contributed by atoms with Crippen molar-refractivity contribution < 1.29 is 4.79 Å². The van der Waals surface area contributed by atoms with Gasteiger partial charge >= 0.3 is 0 Å². The SMILES string of the molecule is O=C(Cc1cnn(-c2ccccc2)c1)NCCCN1CCNCC1. The molecule has 6 nitrogen and oxygen atoms in total. The van der Waals surface area contributed by atoms with Crippen molar-refractivity contribution in [1.82, 2.24) is 25.3 Å². The van der Waals surface area contributed by atoms with Crippen LogP contribution in [-0.2, 0) is 11.2 Å². The van der Waals surface area contributed by atoms with E-state index < -0.39 is 0 Å². The smallest absolute Gasteiger partial charge is 0.224 e. The van der Waals surface area contributed by atoms with Gasteiger partial charge in [0.15, 0.2) is 0 Å². The maximum Gasteiger partial charge on any atom is 0.224 e. The van der Waals surface area contributed by atoms with Crippen LogP contribution in [-0.4, -0.2) is 59.9 Å². The average molecular weight is 327 g/mol. The summed E-state index contributed by atoms with van der Waals surface area (Å²) in [6, 6.07) is 9.91. The average Bonchev–Trinajstić information content (AvgIpc) is 3.09. The minimum atomic E-state index is 0.0583. The standard InChI is InChI=1S/C18H25N5O/c24-18(20-7-4-10-22-11-8-19-9-12-22)13-16-14-21-23(15-16)17-5-2-1-3-6-17/h1-3,5-6,14-15,19H,4,7-13H2,(H,20,24). The summed E-state index contributed by atoms with van der Waals surface area (Å²) in [4.78, 5) is 14.5. The van der Waals surface area contributed by atoms with Gasteiger partial charge in [0, 0.05) is 38.9 Å². The Kier molecular flexibility index (Phi) is 5.98. The second kappa shape index (κ2) is 8.61. The van der Waals surface area contributed by atoms with E-state index in [0.29, 0.717) is 6.42 Å². The molecule has 0 saturated carbocycles. The number of nitrogens with zero attached hydrogens (tertiary/aromatic N) is 3. The molecule has 1 saturated heterocycles. The Morgan fingerprint density at radius 1 is 1.21 bits per heavy atom. The van der Waals surface area contributed by atoms with Crippen LogP contribution in [0.5, 0.6) is 0 Å². The minimum absolute atomic E-state index is 0.0583. The first-order valence-corrected chi connectivity index (χ1v) is 8.60. The van der Waals surface area contributed by atoms with Gasteiger partial charge in [0.25, 0.3) is 0 Å². The van der Waals surface area contributed by atoms with Gasteiger partial charge in [-0.2, -0.15) is 5.10 Å². The zero-order valence-electron chi connectivity index (χ0n) is 13.9. The fourth-order valence-corrected chi connectivity index (χ4v) is 2.89. The van der Waals surface area contributed by atoms with Crippen LogP contribution in [0.3, 0.4) is 0 Å². The first kappa shape index (κ1) is 16.7. The van der Waals surface area contributed by atoms with Gasteiger partial charge in [0.1, 0.15) is 0 Å². The van der Waals surface area contributed by atoms with E-state index in [1.165, 1.54) is 0 Å². The molecule has 0 unspecified atom stereocenters. The van der Waals surface area contributed by atoms with E-state index in [-0.39, 0.29) is 5.91 Å². The third kappa shape index (κ3) is 4.91. The molecule has 1 aromatic heterocycles. The molecule has 1 aliphatic heterocycles. The highest BCUT2D eigenvalue weighted by molar-refractivity contribution is 5.78. The monoisotopic (exact) mass is 327 g/mol. The number of benzene rings is 1. The summed E-state index contributed by atoms with van der Waals surface area (Å²) in [6.07, 6.45) is 5.04. The van der Waals surface area contributed by atoms with Gasteiger partial charge in [-0.15, -0.1) is 0 Å². The minimum Gasteiger partial charge on any atom is -0.356 e. The molecule has 1 aliphatic rings. The van der Waals surface area contributed by atoms with Crippen molar-refractivity contribution in [3.8, 4) is 5.69 Å². The van der Waals surface area contributed by atoms with Gasteiger partial charge in [-0.1, -0.05) is 18.2 Å². The molecule has 6 heteroatoms. The Hall–Kier alpha value is -2.18. The Morgan fingerprint density at radius 2 is 2.00 bits per heavy atom. The van der Waals surface area contributed by atoms with Crippen LogP contribution in [0.2, 0.25) is 0 Å². The highest BCUT2D eigenvalue weighted by Gasteiger charge is 2.09. The molecule has 0 bridgehead atoms. The molecule has 128 valence electrons. The number of carbonyl (C=O) groups excluding carboxylic acids is 1. The molecule has 0 aliphatic carbocycles. The van der Waals surface area contributed by atoms with E-state index in [1.807, 2.05) is 36.5 Å². The van der Waals surface area contributed by atoms with E-state index in [0.717, 1.165) is 56.9 Å². The van der Waals surface area contributed by atoms with Gasteiger partial charge < -0.3 is 15.5 Å². The van der Waals surface area contributed by atoms with E-state index in [2.05, 4.69) is 20.6 Å². The Balaban J connectivity index is 1.38. The molecule has 1 amide bonds. The zero-order valence-corrected chi connectivity index (χ0v) is 13.9. The summed E-state index contributed by atoms with van der Waals surface area (Å²) in [5, 5.41) is 10.7. The number of aromatic nitrogens is 2. The number of amides is 1. The van der Waals surface area contributed by atoms with Crippen LogP contribution in [0.25, 0.3) is 5.69 Å².